The van der Waals surface area contributed by atoms with E-state index >= 15 is 0 Å². The van der Waals surface area contributed by atoms with Gasteiger partial charge < -0.3 is 14.2 Å². The fourth-order valence-electron chi connectivity index (χ4n) is 2.59. The smallest absolute Gasteiger partial charge is 0.420 e. The SMILES string of the molecule is O=C(Cn1c(=O)oc2ccccc21)NCc1cc(-c2ccco2)cs1. The molecular weight excluding hydrogens is 340 g/mol. The number of thiophene rings is 1. The van der Waals surface area contributed by atoms with E-state index in [0.717, 1.165) is 16.2 Å². The first-order valence-corrected chi connectivity index (χ1v) is 8.55. The number of rotatable bonds is 5. The third-order valence-corrected chi connectivity index (χ3v) is 4.73. The van der Waals surface area contributed by atoms with E-state index in [1.807, 2.05) is 23.6 Å². The van der Waals surface area contributed by atoms with Crippen LogP contribution in [0.3, 0.4) is 0 Å². The molecule has 0 atom stereocenters. The molecule has 1 N–H and O–H groups in total. The molecule has 25 heavy (non-hydrogen) atoms. The Morgan fingerprint density at radius 1 is 1.20 bits per heavy atom. The molecule has 0 aliphatic rings. The molecule has 0 radical (unpaired) electrons. The Morgan fingerprint density at radius 3 is 2.92 bits per heavy atom. The molecule has 7 heteroatoms. The van der Waals surface area contributed by atoms with Crippen LogP contribution in [0.15, 0.2) is 67.7 Å². The van der Waals surface area contributed by atoms with Crippen LogP contribution in [0, 0.1) is 0 Å². The number of nitrogens with one attached hydrogen (secondary N) is 1. The molecular formula is C18H14N2O4S. The fourth-order valence-corrected chi connectivity index (χ4v) is 3.41. The second-order valence-electron chi connectivity index (χ2n) is 5.48. The van der Waals surface area contributed by atoms with Crippen molar-refractivity contribution in [3.8, 4) is 11.3 Å². The van der Waals surface area contributed by atoms with Crippen LogP contribution in [0.5, 0.6) is 0 Å². The molecule has 0 spiro atoms. The lowest BCUT2D eigenvalue weighted by Crippen LogP contribution is -2.30. The number of carbonyl (C=O) groups is 1. The Kier molecular flexibility index (Phi) is 3.99. The van der Waals surface area contributed by atoms with E-state index in [1.165, 1.54) is 4.57 Å². The maximum absolute atomic E-state index is 12.2. The topological polar surface area (TPSA) is 77.4 Å². The molecule has 0 unspecified atom stereocenters. The van der Waals surface area contributed by atoms with Crippen LogP contribution in [0.4, 0.5) is 0 Å². The number of benzene rings is 1. The Bertz CT molecular complexity index is 1070. The summed E-state index contributed by atoms with van der Waals surface area (Å²) in [5.41, 5.74) is 2.07. The molecule has 0 bridgehead atoms. The van der Waals surface area contributed by atoms with Crippen molar-refractivity contribution in [3.05, 3.63) is 69.5 Å². The normalized spacial score (nSPS) is 11.0. The Hall–Kier alpha value is -3.06. The van der Waals surface area contributed by atoms with Gasteiger partial charge in [0.2, 0.25) is 5.91 Å². The summed E-state index contributed by atoms with van der Waals surface area (Å²) in [6.45, 7) is 0.320. The Labute approximate surface area is 146 Å². The average Bonchev–Trinajstić information content (AvgIpc) is 3.33. The number of fused-ring (bicyclic) bond motifs is 1. The highest BCUT2D eigenvalue weighted by atomic mass is 32.1. The molecule has 4 rings (SSSR count). The molecule has 126 valence electrons. The molecule has 0 saturated carbocycles. The van der Waals surface area contributed by atoms with Crippen molar-refractivity contribution in [1.82, 2.24) is 9.88 Å². The van der Waals surface area contributed by atoms with E-state index in [0.29, 0.717) is 17.6 Å². The number of oxazole rings is 1. The number of hydrogen-bond donors (Lipinski definition) is 1. The van der Waals surface area contributed by atoms with Gasteiger partial charge in [0, 0.05) is 15.8 Å². The minimum Gasteiger partial charge on any atom is -0.464 e. The van der Waals surface area contributed by atoms with E-state index in [4.69, 9.17) is 8.83 Å². The summed E-state index contributed by atoms with van der Waals surface area (Å²) in [6.07, 6.45) is 1.63. The van der Waals surface area contributed by atoms with Gasteiger partial charge in [0.15, 0.2) is 5.58 Å². The molecule has 0 aliphatic heterocycles. The standard InChI is InChI=1S/C18H14N2O4S/c21-17(10-20-14-4-1-2-5-16(14)24-18(20)22)19-9-13-8-12(11-25-13)15-6-3-7-23-15/h1-8,11H,9-10H2,(H,19,21). The molecule has 1 aromatic carbocycles. The van der Waals surface area contributed by atoms with Gasteiger partial charge in [-0.3, -0.25) is 9.36 Å². The van der Waals surface area contributed by atoms with Gasteiger partial charge in [0.25, 0.3) is 0 Å². The quantitative estimate of drug-likeness (QED) is 0.597. The second kappa shape index (κ2) is 6.45. The van der Waals surface area contributed by atoms with E-state index in [9.17, 15) is 9.59 Å². The van der Waals surface area contributed by atoms with Gasteiger partial charge in [-0.15, -0.1) is 11.3 Å². The summed E-state index contributed by atoms with van der Waals surface area (Å²) in [6, 6.07) is 12.7. The third kappa shape index (κ3) is 3.14. The van der Waals surface area contributed by atoms with Crippen LogP contribution < -0.4 is 11.1 Å². The van der Waals surface area contributed by atoms with Crippen LogP contribution in [0.1, 0.15) is 4.88 Å². The van der Waals surface area contributed by atoms with Gasteiger partial charge in [-0.05, 0) is 30.3 Å². The van der Waals surface area contributed by atoms with Gasteiger partial charge in [-0.25, -0.2) is 4.79 Å². The maximum atomic E-state index is 12.2. The predicted octanol–water partition coefficient (Wildman–Crippen LogP) is 3.23. The second-order valence-corrected chi connectivity index (χ2v) is 6.47. The zero-order valence-electron chi connectivity index (χ0n) is 13.1. The number of amides is 1. The summed E-state index contributed by atoms with van der Waals surface area (Å²) in [7, 11) is 0. The van der Waals surface area contributed by atoms with Crippen LogP contribution in [-0.4, -0.2) is 10.5 Å². The lowest BCUT2D eigenvalue weighted by molar-refractivity contribution is -0.121. The Balaban J connectivity index is 1.42. The van der Waals surface area contributed by atoms with Crippen molar-refractivity contribution in [2.75, 3.05) is 0 Å². The summed E-state index contributed by atoms with van der Waals surface area (Å²) >= 11 is 1.54. The van der Waals surface area contributed by atoms with Gasteiger partial charge >= 0.3 is 5.76 Å². The minimum absolute atomic E-state index is 0.0771. The van der Waals surface area contributed by atoms with Gasteiger partial charge in [-0.1, -0.05) is 12.1 Å². The number of nitrogens with zero attached hydrogens (tertiary/aromatic N) is 1. The summed E-state index contributed by atoms with van der Waals surface area (Å²) < 4.78 is 11.8. The van der Waals surface area contributed by atoms with Crippen molar-refractivity contribution < 1.29 is 13.6 Å². The molecule has 6 nitrogen and oxygen atoms in total. The lowest BCUT2D eigenvalue weighted by atomic mass is 10.2. The highest BCUT2D eigenvalue weighted by molar-refractivity contribution is 7.10. The van der Waals surface area contributed by atoms with Gasteiger partial charge in [0.05, 0.1) is 18.3 Å². The molecule has 4 aromatic rings. The first kappa shape index (κ1) is 15.5. The lowest BCUT2D eigenvalue weighted by Gasteiger charge is -2.04. The predicted molar refractivity (Wildman–Crippen MR) is 94.3 cm³/mol. The van der Waals surface area contributed by atoms with Crippen molar-refractivity contribution in [1.29, 1.82) is 0 Å². The van der Waals surface area contributed by atoms with Crippen molar-refractivity contribution in [3.63, 3.8) is 0 Å². The van der Waals surface area contributed by atoms with E-state index in [2.05, 4.69) is 5.32 Å². The monoisotopic (exact) mass is 354 g/mol. The number of aromatic nitrogens is 1. The zero-order valence-corrected chi connectivity index (χ0v) is 13.9. The van der Waals surface area contributed by atoms with E-state index < -0.39 is 5.76 Å². The average molecular weight is 354 g/mol. The largest absolute Gasteiger partial charge is 0.464 e. The number of para-hydroxylation sites is 2. The molecule has 1 amide bonds. The summed E-state index contributed by atoms with van der Waals surface area (Å²) in [4.78, 5) is 25.1. The van der Waals surface area contributed by atoms with E-state index in [1.54, 1.807) is 41.9 Å². The van der Waals surface area contributed by atoms with Crippen molar-refractivity contribution in [2.24, 2.45) is 0 Å². The van der Waals surface area contributed by atoms with Crippen LogP contribution in [0.25, 0.3) is 22.4 Å². The first-order chi connectivity index (χ1) is 12.2. The minimum atomic E-state index is -0.535. The Morgan fingerprint density at radius 2 is 2.08 bits per heavy atom. The first-order valence-electron chi connectivity index (χ1n) is 7.67. The molecule has 0 fully saturated rings. The summed E-state index contributed by atoms with van der Waals surface area (Å²) in [5, 5.41) is 4.81. The summed E-state index contributed by atoms with van der Waals surface area (Å²) in [5.74, 6) is 0.0134. The molecule has 3 aromatic heterocycles. The van der Waals surface area contributed by atoms with Gasteiger partial charge in [-0.2, -0.15) is 0 Å². The van der Waals surface area contributed by atoms with Crippen LogP contribution in [-0.2, 0) is 17.9 Å². The highest BCUT2D eigenvalue weighted by Crippen LogP contribution is 2.25. The fraction of sp³-hybridized carbons (Fsp3) is 0.111. The van der Waals surface area contributed by atoms with Crippen molar-refractivity contribution >= 4 is 28.3 Å². The highest BCUT2D eigenvalue weighted by Gasteiger charge is 2.12. The van der Waals surface area contributed by atoms with Gasteiger partial charge in [0.1, 0.15) is 12.3 Å². The third-order valence-electron chi connectivity index (χ3n) is 3.79. The van der Waals surface area contributed by atoms with Crippen molar-refractivity contribution in [2.45, 2.75) is 13.1 Å². The van der Waals surface area contributed by atoms with Crippen LogP contribution >= 0.6 is 11.3 Å². The van der Waals surface area contributed by atoms with E-state index in [-0.39, 0.29) is 12.5 Å². The van der Waals surface area contributed by atoms with Crippen LogP contribution in [0.2, 0.25) is 0 Å². The number of carbonyl (C=O) groups excluding carboxylic acids is 1. The number of hydrogen-bond acceptors (Lipinski definition) is 5. The molecule has 3 heterocycles. The zero-order chi connectivity index (χ0) is 17.2. The number of furan rings is 1. The molecule has 0 aliphatic carbocycles. The molecule has 0 saturated heterocycles. The maximum Gasteiger partial charge on any atom is 0.420 e.